The van der Waals surface area contributed by atoms with Gasteiger partial charge in [-0.05, 0) is 27.9 Å². The van der Waals surface area contributed by atoms with Gasteiger partial charge in [0, 0.05) is 5.38 Å². The average molecular weight is 334 g/mol. The zero-order valence-corrected chi connectivity index (χ0v) is 12.4. The summed E-state index contributed by atoms with van der Waals surface area (Å²) in [5, 5.41) is 2.47. The van der Waals surface area contributed by atoms with E-state index in [0.717, 1.165) is 10.6 Å². The van der Waals surface area contributed by atoms with Crippen LogP contribution in [0.3, 0.4) is 0 Å². The Morgan fingerprint density at radius 3 is 2.76 bits per heavy atom. The van der Waals surface area contributed by atoms with Crippen molar-refractivity contribution in [3.05, 3.63) is 37.0 Å². The van der Waals surface area contributed by atoms with E-state index in [2.05, 4.69) is 25.9 Å². The smallest absolute Gasteiger partial charge is 0.265 e. The van der Waals surface area contributed by atoms with E-state index in [1.165, 1.54) is 11.3 Å². The molecule has 0 saturated carbocycles. The monoisotopic (exact) mass is 332 g/mol. The highest BCUT2D eigenvalue weighted by molar-refractivity contribution is 9.10. The number of nitrogens with one attached hydrogen (secondary N) is 1. The van der Waals surface area contributed by atoms with E-state index in [-0.39, 0.29) is 11.5 Å². The molecule has 0 aliphatic carbocycles. The van der Waals surface area contributed by atoms with Crippen LogP contribution in [0.25, 0.3) is 10.7 Å². The van der Waals surface area contributed by atoms with Crippen molar-refractivity contribution >= 4 is 38.9 Å². The van der Waals surface area contributed by atoms with Crippen LogP contribution < -0.4 is 5.56 Å². The number of aromatic nitrogens is 2. The maximum atomic E-state index is 11.8. The first-order valence-corrected chi connectivity index (χ1v) is 7.08. The van der Waals surface area contributed by atoms with Crippen molar-refractivity contribution in [1.29, 1.82) is 0 Å². The van der Waals surface area contributed by atoms with Crippen LogP contribution in [0.1, 0.15) is 25.5 Å². The van der Waals surface area contributed by atoms with E-state index in [9.17, 15) is 4.79 Å². The first kappa shape index (κ1) is 12.8. The van der Waals surface area contributed by atoms with E-state index in [4.69, 9.17) is 11.6 Å². The van der Waals surface area contributed by atoms with Crippen molar-refractivity contribution in [1.82, 2.24) is 9.97 Å². The van der Waals surface area contributed by atoms with Gasteiger partial charge in [0.2, 0.25) is 0 Å². The van der Waals surface area contributed by atoms with Gasteiger partial charge in [-0.3, -0.25) is 4.79 Å². The highest BCUT2D eigenvalue weighted by Crippen LogP contribution is 2.28. The first-order valence-electron chi connectivity index (χ1n) is 5.03. The number of thiophene rings is 1. The summed E-state index contributed by atoms with van der Waals surface area (Å²) in [6, 6.07) is 1.79. The predicted molar refractivity (Wildman–Crippen MR) is 75.0 cm³/mol. The Hall–Kier alpha value is -0.650. The molecule has 2 aromatic heterocycles. The van der Waals surface area contributed by atoms with E-state index < -0.39 is 0 Å². The second kappa shape index (κ2) is 4.92. The van der Waals surface area contributed by atoms with Gasteiger partial charge in [-0.1, -0.05) is 25.4 Å². The minimum atomic E-state index is -0.164. The molecule has 0 saturated heterocycles. The van der Waals surface area contributed by atoms with Crippen LogP contribution in [0, 0.1) is 0 Å². The number of nitrogens with zero attached hydrogens (tertiary/aromatic N) is 1. The largest absolute Gasteiger partial charge is 0.305 e. The van der Waals surface area contributed by atoms with Gasteiger partial charge in [-0.15, -0.1) is 11.3 Å². The Labute approximate surface area is 116 Å². The van der Waals surface area contributed by atoms with Gasteiger partial charge in [0.25, 0.3) is 5.56 Å². The molecule has 0 fully saturated rings. The molecule has 0 radical (unpaired) electrons. The Morgan fingerprint density at radius 1 is 1.53 bits per heavy atom. The lowest BCUT2D eigenvalue weighted by molar-refractivity contribution is 0.804. The maximum Gasteiger partial charge on any atom is 0.265 e. The predicted octanol–water partition coefficient (Wildman–Crippen LogP) is 4.04. The molecule has 6 heteroatoms. The molecule has 2 rings (SSSR count). The zero-order chi connectivity index (χ0) is 12.6. The SMILES string of the molecule is CC(C)c1nc(-c2cc(Cl)cs2)[nH]c(=O)c1Br. The van der Waals surface area contributed by atoms with Crippen molar-refractivity contribution in [3.63, 3.8) is 0 Å². The lowest BCUT2D eigenvalue weighted by Crippen LogP contribution is -2.14. The van der Waals surface area contributed by atoms with Gasteiger partial charge in [0.1, 0.15) is 4.47 Å². The molecular formula is C11H10BrClN2OS. The van der Waals surface area contributed by atoms with Crippen molar-refractivity contribution in [2.75, 3.05) is 0 Å². The molecule has 17 heavy (non-hydrogen) atoms. The topological polar surface area (TPSA) is 45.8 Å². The summed E-state index contributed by atoms with van der Waals surface area (Å²) < 4.78 is 0.499. The summed E-state index contributed by atoms with van der Waals surface area (Å²) in [6.45, 7) is 4.00. The normalized spacial score (nSPS) is 11.1. The third-order valence-electron chi connectivity index (χ3n) is 2.24. The molecule has 0 spiro atoms. The molecular weight excluding hydrogens is 324 g/mol. The quantitative estimate of drug-likeness (QED) is 0.901. The lowest BCUT2D eigenvalue weighted by atomic mass is 10.1. The summed E-state index contributed by atoms with van der Waals surface area (Å²) in [7, 11) is 0. The molecule has 0 bridgehead atoms. The number of halogens is 2. The van der Waals surface area contributed by atoms with E-state index in [1.807, 2.05) is 19.2 Å². The van der Waals surface area contributed by atoms with Gasteiger partial charge >= 0.3 is 0 Å². The minimum absolute atomic E-state index is 0.164. The second-order valence-electron chi connectivity index (χ2n) is 3.90. The average Bonchev–Trinajstić information content (AvgIpc) is 2.68. The van der Waals surface area contributed by atoms with Gasteiger partial charge in [-0.25, -0.2) is 4.98 Å². The number of hydrogen-bond acceptors (Lipinski definition) is 3. The summed E-state index contributed by atoms with van der Waals surface area (Å²) in [5.74, 6) is 0.750. The molecule has 0 aromatic carbocycles. The Balaban J connectivity index is 2.61. The molecule has 2 aromatic rings. The fourth-order valence-electron chi connectivity index (χ4n) is 1.41. The highest BCUT2D eigenvalue weighted by atomic mass is 79.9. The van der Waals surface area contributed by atoms with Crippen LogP contribution in [-0.4, -0.2) is 9.97 Å². The van der Waals surface area contributed by atoms with Crippen molar-refractivity contribution < 1.29 is 0 Å². The number of rotatable bonds is 2. The molecule has 0 atom stereocenters. The van der Waals surface area contributed by atoms with E-state index >= 15 is 0 Å². The summed E-state index contributed by atoms with van der Waals surface area (Å²) in [6.07, 6.45) is 0. The van der Waals surface area contributed by atoms with Gasteiger partial charge in [0.15, 0.2) is 5.82 Å². The second-order valence-corrected chi connectivity index (χ2v) is 6.04. The van der Waals surface area contributed by atoms with E-state index in [0.29, 0.717) is 15.3 Å². The van der Waals surface area contributed by atoms with Crippen LogP contribution in [0.5, 0.6) is 0 Å². The van der Waals surface area contributed by atoms with Crippen LogP contribution in [0.4, 0.5) is 0 Å². The van der Waals surface area contributed by atoms with Gasteiger partial charge in [-0.2, -0.15) is 0 Å². The van der Waals surface area contributed by atoms with Gasteiger partial charge in [0.05, 0.1) is 15.6 Å². The summed E-state index contributed by atoms with van der Waals surface area (Å²) in [5.41, 5.74) is 0.594. The van der Waals surface area contributed by atoms with Crippen LogP contribution >= 0.6 is 38.9 Å². The van der Waals surface area contributed by atoms with Crippen LogP contribution in [0.15, 0.2) is 20.7 Å². The standard InChI is InChI=1S/C11H10BrClN2OS/c1-5(2)9-8(12)11(16)15-10(14-9)7-3-6(13)4-17-7/h3-5H,1-2H3,(H,14,15,16). The van der Waals surface area contributed by atoms with Crippen LogP contribution in [-0.2, 0) is 0 Å². The molecule has 0 aliphatic rings. The zero-order valence-electron chi connectivity index (χ0n) is 9.25. The van der Waals surface area contributed by atoms with E-state index in [1.54, 1.807) is 6.07 Å². The first-order chi connectivity index (χ1) is 7.99. The summed E-state index contributed by atoms with van der Waals surface area (Å²) >= 11 is 10.6. The molecule has 90 valence electrons. The third-order valence-corrected chi connectivity index (χ3v) is 4.29. The van der Waals surface area contributed by atoms with Crippen LogP contribution in [0.2, 0.25) is 5.02 Å². The molecule has 0 amide bonds. The molecule has 2 heterocycles. The minimum Gasteiger partial charge on any atom is -0.305 e. The number of hydrogen-bond donors (Lipinski definition) is 1. The molecule has 0 aliphatic heterocycles. The third kappa shape index (κ3) is 2.61. The Bertz CT molecular complexity index is 606. The van der Waals surface area contributed by atoms with Crippen molar-refractivity contribution in [3.8, 4) is 10.7 Å². The maximum absolute atomic E-state index is 11.8. The number of aromatic amines is 1. The Kier molecular flexibility index (Phi) is 3.70. The molecule has 1 N–H and O–H groups in total. The van der Waals surface area contributed by atoms with Gasteiger partial charge < -0.3 is 4.98 Å². The highest BCUT2D eigenvalue weighted by Gasteiger charge is 2.14. The summed E-state index contributed by atoms with van der Waals surface area (Å²) in [4.78, 5) is 19.8. The molecule has 0 unspecified atom stereocenters. The van der Waals surface area contributed by atoms with Crippen molar-refractivity contribution in [2.45, 2.75) is 19.8 Å². The van der Waals surface area contributed by atoms with Crippen molar-refractivity contribution in [2.24, 2.45) is 0 Å². The lowest BCUT2D eigenvalue weighted by Gasteiger charge is -2.08. The fourth-order valence-corrected chi connectivity index (χ4v) is 3.08. The Morgan fingerprint density at radius 2 is 2.24 bits per heavy atom. The molecule has 3 nitrogen and oxygen atoms in total. The fraction of sp³-hybridized carbons (Fsp3) is 0.273. The number of H-pyrrole nitrogens is 1.